The van der Waals surface area contributed by atoms with Gasteiger partial charge in [-0.3, -0.25) is 0 Å². The Labute approximate surface area is 59.8 Å². The van der Waals surface area contributed by atoms with Crippen molar-refractivity contribution in [2.24, 2.45) is 0 Å². The number of hydrogen-bond donors (Lipinski definition) is 1. The van der Waals surface area contributed by atoms with Gasteiger partial charge in [-0.05, 0) is 0 Å². The fourth-order valence-electron chi connectivity index (χ4n) is 0.611. The van der Waals surface area contributed by atoms with Crippen molar-refractivity contribution < 1.29 is 13.5 Å². The van der Waals surface area contributed by atoms with Crippen molar-refractivity contribution in [3.05, 3.63) is 24.3 Å². The van der Waals surface area contributed by atoms with Crippen LogP contribution in [0.4, 0.5) is 0 Å². The Hall–Kier alpha value is -0.870. The van der Waals surface area contributed by atoms with Crippen LogP contribution in [0.15, 0.2) is 18.2 Å². The van der Waals surface area contributed by atoms with E-state index in [-0.39, 0.29) is 4.86 Å². The van der Waals surface area contributed by atoms with Gasteiger partial charge in [0, 0.05) is 6.08 Å². The molecular formula is C6H5O3S. The molecule has 0 heterocycles. The third-order valence-electron chi connectivity index (χ3n) is 1.06. The molecule has 0 saturated carbocycles. The van der Waals surface area contributed by atoms with E-state index in [0.29, 0.717) is 0 Å². The fourth-order valence-corrected chi connectivity index (χ4v) is 1.05. The molecule has 0 bridgehead atoms. The molecule has 1 rings (SSSR count). The molecule has 0 fully saturated rings. The summed E-state index contributed by atoms with van der Waals surface area (Å²) >= 11 is 0. The minimum atomic E-state index is -2.36. The third kappa shape index (κ3) is 1.34. The molecule has 0 aromatic heterocycles. The van der Waals surface area contributed by atoms with Crippen LogP contribution in [0, 0.1) is 6.08 Å². The quantitative estimate of drug-likeness (QED) is 0.474. The highest BCUT2D eigenvalue weighted by molar-refractivity contribution is 7.73. The number of aliphatic hydroxyl groups is 1. The van der Waals surface area contributed by atoms with Crippen LogP contribution in [0.1, 0.15) is 0 Å². The molecule has 1 aliphatic carbocycles. The summed E-state index contributed by atoms with van der Waals surface area (Å²) in [4.78, 5) is -0.109. The van der Waals surface area contributed by atoms with Gasteiger partial charge in [0.2, 0.25) is 10.3 Å². The molecule has 0 amide bonds. The molecule has 1 aliphatic rings. The van der Waals surface area contributed by atoms with Crippen molar-refractivity contribution in [1.82, 2.24) is 0 Å². The molecule has 0 spiro atoms. The molecule has 0 aromatic carbocycles. The van der Waals surface area contributed by atoms with Crippen molar-refractivity contribution >= 4 is 15.2 Å². The van der Waals surface area contributed by atoms with E-state index in [1.54, 1.807) is 6.08 Å². The number of rotatable bonds is 0. The summed E-state index contributed by atoms with van der Waals surface area (Å²) < 4.78 is 20.5. The first kappa shape index (κ1) is 7.24. The molecule has 53 valence electrons. The Morgan fingerprint density at radius 3 is 2.70 bits per heavy atom. The molecule has 0 aromatic rings. The van der Waals surface area contributed by atoms with E-state index in [0.717, 1.165) is 0 Å². The molecule has 0 saturated heterocycles. The van der Waals surface area contributed by atoms with Crippen LogP contribution in [0.3, 0.4) is 0 Å². The van der Waals surface area contributed by atoms with E-state index >= 15 is 0 Å². The minimum absolute atomic E-state index is 0.109. The SMILES string of the molecule is O=S(=O)=C1[C]=CC=CC1O. The molecule has 1 N–H and O–H groups in total. The smallest absolute Gasteiger partial charge is 0.220 e. The lowest BCUT2D eigenvalue weighted by molar-refractivity contribution is 0.291. The van der Waals surface area contributed by atoms with Crippen LogP contribution in [0.5, 0.6) is 0 Å². The average molecular weight is 157 g/mol. The van der Waals surface area contributed by atoms with E-state index < -0.39 is 16.4 Å². The maximum atomic E-state index is 10.3. The van der Waals surface area contributed by atoms with Gasteiger partial charge in [-0.2, -0.15) is 8.42 Å². The monoisotopic (exact) mass is 157 g/mol. The van der Waals surface area contributed by atoms with E-state index in [1.165, 1.54) is 12.2 Å². The highest BCUT2D eigenvalue weighted by Crippen LogP contribution is 1.97. The highest BCUT2D eigenvalue weighted by atomic mass is 32.2. The lowest BCUT2D eigenvalue weighted by atomic mass is 10.1. The van der Waals surface area contributed by atoms with Gasteiger partial charge in [0.1, 0.15) is 11.0 Å². The van der Waals surface area contributed by atoms with Crippen molar-refractivity contribution in [2.45, 2.75) is 6.10 Å². The number of hydrogen-bond acceptors (Lipinski definition) is 3. The second-order valence-corrected chi connectivity index (χ2v) is 2.65. The Morgan fingerprint density at radius 1 is 1.60 bits per heavy atom. The largest absolute Gasteiger partial charge is 0.383 e. The zero-order valence-electron chi connectivity index (χ0n) is 4.98. The third-order valence-corrected chi connectivity index (χ3v) is 1.78. The highest BCUT2D eigenvalue weighted by Gasteiger charge is 2.09. The molecule has 1 atom stereocenters. The lowest BCUT2D eigenvalue weighted by Gasteiger charge is -2.02. The Kier molecular flexibility index (Phi) is 2.03. The Balaban J connectivity index is 3.15. The summed E-state index contributed by atoms with van der Waals surface area (Å²) in [6.45, 7) is 0. The van der Waals surface area contributed by atoms with Crippen LogP contribution in [0.25, 0.3) is 0 Å². The zero-order chi connectivity index (χ0) is 7.56. The predicted molar refractivity (Wildman–Crippen MR) is 36.9 cm³/mol. The van der Waals surface area contributed by atoms with Gasteiger partial charge in [0.25, 0.3) is 0 Å². The van der Waals surface area contributed by atoms with Gasteiger partial charge in [-0.15, -0.1) is 0 Å². The molecule has 0 aliphatic heterocycles. The molecule has 3 nitrogen and oxygen atoms in total. The summed E-state index contributed by atoms with van der Waals surface area (Å²) in [6.07, 6.45) is 5.75. The zero-order valence-corrected chi connectivity index (χ0v) is 5.80. The van der Waals surface area contributed by atoms with Crippen molar-refractivity contribution in [3.63, 3.8) is 0 Å². The van der Waals surface area contributed by atoms with E-state index in [1.807, 2.05) is 0 Å². The standard InChI is InChI=1S/C6H5O3S/c7-5-3-1-2-4-6(5)10(8)9/h1-3,5,7H. The molecule has 1 radical (unpaired) electrons. The summed E-state index contributed by atoms with van der Waals surface area (Å²) in [5.74, 6) is 0. The maximum absolute atomic E-state index is 10.3. The summed E-state index contributed by atoms with van der Waals surface area (Å²) in [7, 11) is -2.36. The van der Waals surface area contributed by atoms with Gasteiger partial charge in [0.05, 0.1) is 0 Å². The predicted octanol–water partition coefficient (Wildman–Crippen LogP) is -0.672. The van der Waals surface area contributed by atoms with Gasteiger partial charge in [-0.25, -0.2) is 0 Å². The van der Waals surface area contributed by atoms with Gasteiger partial charge in [0.15, 0.2) is 0 Å². The summed E-state index contributed by atoms with van der Waals surface area (Å²) in [5.41, 5.74) is 0. The van der Waals surface area contributed by atoms with Crippen molar-refractivity contribution in [2.75, 3.05) is 0 Å². The van der Waals surface area contributed by atoms with Crippen LogP contribution < -0.4 is 0 Å². The molecule has 1 unspecified atom stereocenters. The molecule has 10 heavy (non-hydrogen) atoms. The van der Waals surface area contributed by atoms with Crippen molar-refractivity contribution in [3.8, 4) is 0 Å². The van der Waals surface area contributed by atoms with E-state index in [2.05, 4.69) is 6.08 Å². The van der Waals surface area contributed by atoms with Gasteiger partial charge < -0.3 is 5.11 Å². The van der Waals surface area contributed by atoms with E-state index in [9.17, 15) is 8.42 Å². The topological polar surface area (TPSA) is 54.4 Å². The second-order valence-electron chi connectivity index (χ2n) is 1.74. The number of aliphatic hydroxyl groups excluding tert-OH is 1. The van der Waals surface area contributed by atoms with Crippen LogP contribution in [-0.4, -0.2) is 24.5 Å². The first-order valence-electron chi connectivity index (χ1n) is 2.62. The van der Waals surface area contributed by atoms with Crippen LogP contribution in [-0.2, 0) is 10.3 Å². The number of allylic oxidation sites excluding steroid dienone is 2. The Morgan fingerprint density at radius 2 is 2.30 bits per heavy atom. The maximum Gasteiger partial charge on any atom is 0.220 e. The van der Waals surface area contributed by atoms with Crippen LogP contribution in [0.2, 0.25) is 0 Å². The van der Waals surface area contributed by atoms with Gasteiger partial charge in [-0.1, -0.05) is 18.2 Å². The minimum Gasteiger partial charge on any atom is -0.383 e. The van der Waals surface area contributed by atoms with Gasteiger partial charge >= 0.3 is 0 Å². The van der Waals surface area contributed by atoms with Crippen molar-refractivity contribution in [1.29, 1.82) is 0 Å². The first-order chi connectivity index (χ1) is 4.72. The van der Waals surface area contributed by atoms with Crippen LogP contribution >= 0.6 is 0 Å². The first-order valence-corrected chi connectivity index (χ1v) is 3.70. The fraction of sp³-hybridized carbons (Fsp3) is 0.167. The molecule has 4 heteroatoms. The average Bonchev–Trinajstić information content (AvgIpc) is 1.88. The Bertz CT molecular complexity index is 300. The second kappa shape index (κ2) is 2.81. The summed E-state index contributed by atoms with van der Waals surface area (Å²) in [5, 5.41) is 8.94. The van der Waals surface area contributed by atoms with E-state index in [4.69, 9.17) is 5.11 Å². The summed E-state index contributed by atoms with van der Waals surface area (Å²) in [6, 6.07) is 0. The normalized spacial score (nSPS) is 23.3. The molecular weight excluding hydrogens is 152 g/mol. The lowest BCUT2D eigenvalue weighted by Crippen LogP contribution is -2.18.